The molecule has 7 aliphatic rings. The van der Waals surface area contributed by atoms with Crippen molar-refractivity contribution in [1.82, 2.24) is 28.1 Å². The molecule has 5 aromatic rings. The van der Waals surface area contributed by atoms with Crippen molar-refractivity contribution in [2.45, 2.75) is 205 Å². The molecule has 1 atom stereocenters. The molecule has 6 fully saturated rings. The number of amides is 2. The second kappa shape index (κ2) is 23.6. The van der Waals surface area contributed by atoms with E-state index in [1.165, 1.54) is 100 Å². The van der Waals surface area contributed by atoms with Crippen LogP contribution in [-0.4, -0.2) is 102 Å². The number of carbonyl (C=O) groups is 3. The number of piperidine rings is 2. The number of nitrogens with one attached hydrogen (secondary N) is 1. The summed E-state index contributed by atoms with van der Waals surface area (Å²) in [5.74, 6) is 1.61. The molecule has 13 nitrogen and oxygen atoms in total. The number of likely N-dealkylation sites (tertiary alicyclic amines) is 1. The topological polar surface area (TPSA) is 140 Å². The van der Waals surface area contributed by atoms with E-state index in [2.05, 4.69) is 100 Å². The number of fused-ring (bicyclic) bond motifs is 3. The summed E-state index contributed by atoms with van der Waals surface area (Å²) in [4.78, 5) is 42.1. The van der Waals surface area contributed by atoms with Crippen LogP contribution in [0.2, 0.25) is 0 Å². The van der Waals surface area contributed by atoms with Gasteiger partial charge in [0.05, 0.1) is 44.9 Å². The Kier molecular flexibility index (Phi) is 16.7. The quantitative estimate of drug-likeness (QED) is 0.127. The lowest BCUT2D eigenvalue weighted by atomic mass is 9.79. The van der Waals surface area contributed by atoms with Gasteiger partial charge in [-0.2, -0.15) is 0 Å². The van der Waals surface area contributed by atoms with Crippen molar-refractivity contribution in [2.75, 3.05) is 46.0 Å². The van der Waals surface area contributed by atoms with E-state index in [0.29, 0.717) is 51.0 Å². The summed E-state index contributed by atoms with van der Waals surface area (Å²) in [6, 6.07) is 17.3. The zero-order valence-electron chi connectivity index (χ0n) is 49.0. The van der Waals surface area contributed by atoms with Crippen LogP contribution in [0.15, 0.2) is 59.6 Å². The molecule has 4 aromatic heterocycles. The summed E-state index contributed by atoms with van der Waals surface area (Å²) in [5, 5.41) is 13.0. The molecule has 4 aliphatic heterocycles. The monoisotopic (exact) mass is 1110 g/mol. The molecule has 3 saturated heterocycles. The molecule has 2 amide bonds. The van der Waals surface area contributed by atoms with Crippen LogP contribution in [0.25, 0.3) is 28.2 Å². The maximum Gasteiger partial charge on any atom is 0.309 e. The van der Waals surface area contributed by atoms with Gasteiger partial charge in [0.15, 0.2) is 0 Å². The molecule has 0 radical (unpaired) electrons. The van der Waals surface area contributed by atoms with Crippen molar-refractivity contribution in [3.05, 3.63) is 88.4 Å². The lowest BCUT2D eigenvalue weighted by molar-refractivity contribution is -0.150. The third-order valence-corrected chi connectivity index (χ3v) is 21.4. The highest BCUT2D eigenvalue weighted by Gasteiger charge is 2.49. The maximum atomic E-state index is 14.0. The summed E-state index contributed by atoms with van der Waals surface area (Å²) < 4.78 is 34.8. The minimum atomic E-state index is -1.21. The largest absolute Gasteiger partial charge is 0.493 e. The van der Waals surface area contributed by atoms with E-state index >= 15 is 0 Å². The fourth-order valence-corrected chi connectivity index (χ4v) is 15.7. The lowest BCUT2D eigenvalue weighted by Gasteiger charge is -2.36. The molecule has 0 bridgehead atoms. The summed E-state index contributed by atoms with van der Waals surface area (Å²) in [6.45, 7) is 19.6. The number of carboxylic acid groups (broad SMARTS) is 1. The fraction of sp³-hybridized carbons (Fsp3) is 0.621. The number of hydrogen-bond acceptors (Lipinski definition) is 6. The van der Waals surface area contributed by atoms with Gasteiger partial charge >= 0.3 is 5.97 Å². The van der Waals surface area contributed by atoms with E-state index in [4.69, 9.17) is 9.47 Å². The molecular formula is C66H90N6O7S. The van der Waals surface area contributed by atoms with Gasteiger partial charge in [-0.1, -0.05) is 71.8 Å². The van der Waals surface area contributed by atoms with Gasteiger partial charge in [0, 0.05) is 98.3 Å². The van der Waals surface area contributed by atoms with Crippen LogP contribution in [0.1, 0.15) is 199 Å². The Morgan fingerprint density at radius 3 is 1.94 bits per heavy atom. The SMILES string of the molecule is Cc1c(C(=O)N2CCC(C)(C(=O)O)CC2)cc(-c2cc(C(C)(C)C)c3c(c2)C2(CCO3)CC2)n1CC1CCCCC1.Cc1c(C(=O)NC2CCOCC2)cc(-c2cc(S(=O)N3CCCCC3)c3ccccn23)n1CC1CCCCC1. The first kappa shape index (κ1) is 56.7. The Bertz CT molecular complexity index is 3070. The number of hydrogen-bond donors (Lipinski definition) is 2. The van der Waals surface area contributed by atoms with Gasteiger partial charge in [-0.05, 0) is 170 Å². The van der Waals surface area contributed by atoms with E-state index in [1.807, 2.05) is 17.0 Å². The first-order valence-corrected chi connectivity index (χ1v) is 32.0. The van der Waals surface area contributed by atoms with Crippen LogP contribution in [0, 0.1) is 31.1 Å². The fourth-order valence-electron chi connectivity index (χ4n) is 14.3. The van der Waals surface area contributed by atoms with E-state index in [-0.39, 0.29) is 28.7 Å². The number of pyridine rings is 1. The Morgan fingerprint density at radius 2 is 1.31 bits per heavy atom. The van der Waals surface area contributed by atoms with Crippen LogP contribution in [0.5, 0.6) is 5.75 Å². The van der Waals surface area contributed by atoms with Crippen molar-refractivity contribution < 1.29 is 33.2 Å². The van der Waals surface area contributed by atoms with Crippen molar-refractivity contribution in [2.24, 2.45) is 17.3 Å². The Balaban J connectivity index is 0.000000169. The number of carboxylic acids is 1. The molecule has 3 aliphatic carbocycles. The number of nitrogens with zero attached hydrogens (tertiary/aromatic N) is 5. The van der Waals surface area contributed by atoms with Crippen molar-refractivity contribution in [3.8, 4) is 28.4 Å². The molecule has 12 rings (SSSR count). The van der Waals surface area contributed by atoms with Gasteiger partial charge in [0.2, 0.25) is 0 Å². The molecule has 8 heterocycles. The van der Waals surface area contributed by atoms with E-state index in [1.54, 1.807) is 6.92 Å². The maximum absolute atomic E-state index is 14.0. The molecule has 3 saturated carbocycles. The Labute approximate surface area is 478 Å². The van der Waals surface area contributed by atoms with Crippen molar-refractivity contribution in [3.63, 3.8) is 0 Å². The number of rotatable bonds is 12. The standard InChI is InChI=1S/C35H48N2O4.C31H42N4O3S/c1-23-26(31(38)36-16-13-34(5,14-17-36)32(39)40)21-29(37(23)22-24-9-7-6-8-10-24)25-19-27(33(2,3)4)30-28(20-25)35(11-12-35)15-18-41-30;1-23-26(31(36)32-25-13-18-38-19-14-25)20-28(35(23)22-24-10-4-2-5-11-24)29-21-30(27-12-6-9-17-34(27)29)39(37)33-15-7-3-8-16-33/h19-21,24H,6-18,22H2,1-5H3,(H,39,40);6,9,12,17,20-21,24-25H,2-5,7-8,10-11,13-16,18-19,22H2,1H3,(H,32,36). The van der Waals surface area contributed by atoms with Crippen molar-refractivity contribution >= 4 is 34.3 Å². The second-order valence-electron chi connectivity index (χ2n) is 26.4. The molecular weight excluding hydrogens is 1020 g/mol. The zero-order valence-corrected chi connectivity index (χ0v) is 49.8. The van der Waals surface area contributed by atoms with Crippen LogP contribution < -0.4 is 10.1 Å². The average molecular weight is 1110 g/mol. The molecule has 2 N–H and O–H groups in total. The second-order valence-corrected chi connectivity index (χ2v) is 27.9. The van der Waals surface area contributed by atoms with Crippen molar-refractivity contribution in [1.29, 1.82) is 0 Å². The predicted octanol–water partition coefficient (Wildman–Crippen LogP) is 13.2. The van der Waals surface area contributed by atoms with Gasteiger partial charge < -0.3 is 38.3 Å². The zero-order chi connectivity index (χ0) is 55.9. The summed E-state index contributed by atoms with van der Waals surface area (Å²) in [7, 11) is -1.21. The molecule has 1 spiro atoms. The molecule has 14 heteroatoms. The number of carbonyl (C=O) groups excluding carboxylic acids is 2. The van der Waals surface area contributed by atoms with Gasteiger partial charge in [-0.3, -0.25) is 14.4 Å². The van der Waals surface area contributed by atoms with E-state index < -0.39 is 22.4 Å². The first-order chi connectivity index (χ1) is 38.5. The summed E-state index contributed by atoms with van der Waals surface area (Å²) in [5.41, 5.74) is 11.0. The third-order valence-electron chi connectivity index (χ3n) is 19.9. The minimum Gasteiger partial charge on any atom is -0.493 e. The summed E-state index contributed by atoms with van der Waals surface area (Å²) >= 11 is 0. The highest BCUT2D eigenvalue weighted by Crippen LogP contribution is 2.58. The highest BCUT2D eigenvalue weighted by atomic mass is 32.2. The minimum absolute atomic E-state index is 0.000947. The van der Waals surface area contributed by atoms with E-state index in [0.717, 1.165) is 121 Å². The third kappa shape index (κ3) is 11.6. The number of benzene rings is 1. The smallest absolute Gasteiger partial charge is 0.309 e. The molecule has 432 valence electrons. The van der Waals surface area contributed by atoms with E-state index in [9.17, 15) is 23.7 Å². The average Bonchev–Trinajstić information content (AvgIpc) is 3.43. The lowest BCUT2D eigenvalue weighted by Crippen LogP contribution is -2.45. The number of aliphatic carboxylic acids is 1. The molecule has 1 aromatic carbocycles. The number of ether oxygens (including phenoxy) is 2. The van der Waals surface area contributed by atoms with Gasteiger partial charge in [-0.15, -0.1) is 0 Å². The Hall–Kier alpha value is -5.18. The predicted molar refractivity (Wildman–Crippen MR) is 317 cm³/mol. The number of aromatic nitrogens is 3. The van der Waals surface area contributed by atoms with Crippen LogP contribution in [0.3, 0.4) is 0 Å². The van der Waals surface area contributed by atoms with Crippen LogP contribution >= 0.6 is 0 Å². The summed E-state index contributed by atoms with van der Waals surface area (Å²) in [6.07, 6.45) is 24.5. The Morgan fingerprint density at radius 1 is 0.700 bits per heavy atom. The normalized spacial score (nSPS) is 21.4. The van der Waals surface area contributed by atoms with Gasteiger partial charge in [0.25, 0.3) is 11.8 Å². The van der Waals surface area contributed by atoms with Gasteiger partial charge in [-0.25, -0.2) is 8.51 Å². The van der Waals surface area contributed by atoms with Gasteiger partial charge in [0.1, 0.15) is 16.7 Å². The molecule has 80 heavy (non-hydrogen) atoms. The highest BCUT2D eigenvalue weighted by molar-refractivity contribution is 7.83. The first-order valence-electron chi connectivity index (χ1n) is 30.9. The molecule has 1 unspecified atom stereocenters. The van der Waals surface area contributed by atoms with Crippen LogP contribution in [0.4, 0.5) is 0 Å². The van der Waals surface area contributed by atoms with Crippen LogP contribution in [-0.2, 0) is 44.4 Å².